The van der Waals surface area contributed by atoms with Crippen molar-refractivity contribution in [2.45, 2.75) is 126 Å². The number of hydrogen-bond donors (Lipinski definition) is 2. The molecule has 0 aromatic heterocycles. The van der Waals surface area contributed by atoms with E-state index in [9.17, 15) is 21.6 Å². The molecule has 0 aliphatic heterocycles. The average molecular weight is 619 g/mol. The third-order valence-electron chi connectivity index (χ3n) is 8.03. The van der Waals surface area contributed by atoms with Crippen LogP contribution in [0.4, 0.5) is 0 Å². The zero-order valence-electron chi connectivity index (χ0n) is 25.5. The Morgan fingerprint density at radius 3 is 1.17 bits per heavy atom. The van der Waals surface area contributed by atoms with E-state index < -0.39 is 20.0 Å². The molecule has 0 saturated heterocycles. The highest BCUT2D eigenvalue weighted by Crippen LogP contribution is 2.38. The number of nitrogens with one attached hydrogen (secondary N) is 2. The van der Waals surface area contributed by atoms with Crippen LogP contribution in [0.1, 0.15) is 133 Å². The van der Waals surface area contributed by atoms with E-state index in [2.05, 4.69) is 23.3 Å². The molecule has 0 amide bonds. The molecule has 0 spiro atoms. The van der Waals surface area contributed by atoms with E-state index in [1.54, 1.807) is 12.1 Å². The van der Waals surface area contributed by atoms with Gasteiger partial charge in [0, 0.05) is 24.2 Å². The Balaban J connectivity index is 1.53. The van der Waals surface area contributed by atoms with Gasteiger partial charge in [0.15, 0.2) is 5.78 Å². The third-order valence-corrected chi connectivity index (χ3v) is 10.9. The molecule has 42 heavy (non-hydrogen) atoms. The lowest BCUT2D eigenvalue weighted by Gasteiger charge is -2.09. The van der Waals surface area contributed by atoms with Crippen LogP contribution in [0.3, 0.4) is 0 Å². The van der Waals surface area contributed by atoms with Crippen LogP contribution in [-0.4, -0.2) is 35.7 Å². The SMILES string of the molecule is CCCCCCCCCCNS(=O)(=O)c1ccc2c(c1)C(=O)c1cc(S(=O)(=O)NCCCCCCCCCC)ccc1-2. The molecule has 0 saturated carbocycles. The summed E-state index contributed by atoms with van der Waals surface area (Å²) in [7, 11) is -7.52. The summed E-state index contributed by atoms with van der Waals surface area (Å²) in [6, 6.07) is 9.10. The summed E-state index contributed by atoms with van der Waals surface area (Å²) >= 11 is 0. The van der Waals surface area contributed by atoms with Gasteiger partial charge in [-0.3, -0.25) is 4.79 Å². The molecule has 0 radical (unpaired) electrons. The lowest BCUT2D eigenvalue weighted by atomic mass is 10.1. The van der Waals surface area contributed by atoms with Gasteiger partial charge >= 0.3 is 0 Å². The van der Waals surface area contributed by atoms with Crippen LogP contribution in [-0.2, 0) is 20.0 Å². The van der Waals surface area contributed by atoms with Crippen LogP contribution in [0.5, 0.6) is 0 Å². The lowest BCUT2D eigenvalue weighted by molar-refractivity contribution is 0.104. The van der Waals surface area contributed by atoms with Gasteiger partial charge in [0.2, 0.25) is 20.0 Å². The second-order valence-corrected chi connectivity index (χ2v) is 15.0. The Hall–Kier alpha value is -2.07. The van der Waals surface area contributed by atoms with Gasteiger partial charge < -0.3 is 0 Å². The molecule has 0 heterocycles. The number of ketones is 1. The van der Waals surface area contributed by atoms with Crippen molar-refractivity contribution in [3.63, 3.8) is 0 Å². The molecule has 9 heteroatoms. The maximum Gasteiger partial charge on any atom is 0.240 e. The predicted molar refractivity (Wildman–Crippen MR) is 171 cm³/mol. The molecular weight excluding hydrogens is 569 g/mol. The maximum atomic E-state index is 13.3. The quantitative estimate of drug-likeness (QED) is 0.112. The largest absolute Gasteiger partial charge is 0.289 e. The first-order valence-electron chi connectivity index (χ1n) is 16.0. The minimum Gasteiger partial charge on any atom is -0.289 e. The Labute approximate surface area is 254 Å². The first-order chi connectivity index (χ1) is 20.2. The Morgan fingerprint density at radius 1 is 0.476 bits per heavy atom. The molecule has 0 fully saturated rings. The van der Waals surface area contributed by atoms with Gasteiger partial charge in [0.25, 0.3) is 0 Å². The van der Waals surface area contributed by atoms with Gasteiger partial charge in [-0.25, -0.2) is 26.3 Å². The van der Waals surface area contributed by atoms with Gasteiger partial charge in [-0.15, -0.1) is 0 Å². The van der Waals surface area contributed by atoms with E-state index in [0.29, 0.717) is 24.2 Å². The lowest BCUT2D eigenvalue weighted by Crippen LogP contribution is -2.25. The van der Waals surface area contributed by atoms with E-state index in [1.165, 1.54) is 88.5 Å². The second-order valence-electron chi connectivity index (χ2n) is 11.5. The molecule has 3 rings (SSSR count). The standard InChI is InChI=1S/C33H50N2O5S2/c1-3-5-7-9-11-13-15-17-23-34-41(37,38)27-19-21-29-30-22-20-28(26-32(30)33(36)31(29)25-27)42(39,40)35-24-18-16-14-12-10-8-6-4-2/h19-22,25-26,34-35H,3-18,23-24H2,1-2H3. The number of hydrogen-bond acceptors (Lipinski definition) is 5. The summed E-state index contributed by atoms with van der Waals surface area (Å²) < 4.78 is 57.0. The van der Waals surface area contributed by atoms with Crippen LogP contribution in [0, 0.1) is 0 Å². The highest BCUT2D eigenvalue weighted by atomic mass is 32.2. The monoisotopic (exact) mass is 618 g/mol. The van der Waals surface area contributed by atoms with Crippen molar-refractivity contribution in [1.29, 1.82) is 0 Å². The van der Waals surface area contributed by atoms with E-state index in [1.807, 2.05) is 0 Å². The third kappa shape index (κ3) is 10.00. The number of unbranched alkanes of at least 4 members (excludes halogenated alkanes) is 14. The van der Waals surface area contributed by atoms with Crippen molar-refractivity contribution >= 4 is 25.8 Å². The molecule has 1 aliphatic rings. The van der Waals surface area contributed by atoms with Crippen molar-refractivity contribution < 1.29 is 21.6 Å². The molecule has 0 unspecified atom stereocenters. The summed E-state index contributed by atoms with van der Waals surface area (Å²) in [4.78, 5) is 13.4. The molecule has 234 valence electrons. The molecule has 1 aliphatic carbocycles. The van der Waals surface area contributed by atoms with Crippen molar-refractivity contribution in [1.82, 2.24) is 9.44 Å². The smallest absolute Gasteiger partial charge is 0.240 e. The second kappa shape index (κ2) is 17.3. The number of benzene rings is 2. The van der Waals surface area contributed by atoms with E-state index in [-0.39, 0.29) is 26.7 Å². The molecule has 0 atom stereocenters. The number of rotatable bonds is 22. The fraction of sp³-hybridized carbons (Fsp3) is 0.606. The molecule has 0 bridgehead atoms. The number of carbonyl (C=O) groups excluding carboxylic acids is 1. The molecule has 2 aromatic carbocycles. The van der Waals surface area contributed by atoms with Crippen LogP contribution < -0.4 is 9.44 Å². The average Bonchev–Trinajstić information content (AvgIpc) is 3.26. The summed E-state index contributed by atoms with van der Waals surface area (Å²) in [5, 5.41) is 0. The van der Waals surface area contributed by atoms with Crippen LogP contribution in [0.2, 0.25) is 0 Å². The molecular formula is C33H50N2O5S2. The minimum absolute atomic E-state index is 0.0434. The normalized spacial score (nSPS) is 13.0. The first-order valence-corrected chi connectivity index (χ1v) is 19.0. The van der Waals surface area contributed by atoms with Crippen LogP contribution in [0.25, 0.3) is 11.1 Å². The van der Waals surface area contributed by atoms with Crippen molar-refractivity contribution in [2.75, 3.05) is 13.1 Å². The van der Waals surface area contributed by atoms with Gasteiger partial charge in [-0.2, -0.15) is 0 Å². The summed E-state index contributed by atoms with van der Waals surface area (Å²) in [6.07, 6.45) is 18.0. The fourth-order valence-corrected chi connectivity index (χ4v) is 7.67. The van der Waals surface area contributed by atoms with Crippen molar-refractivity contribution in [2.24, 2.45) is 0 Å². The highest BCUT2D eigenvalue weighted by Gasteiger charge is 2.30. The Kier molecular flexibility index (Phi) is 14.2. The Bertz CT molecular complexity index is 1270. The zero-order valence-corrected chi connectivity index (χ0v) is 27.2. The van der Waals surface area contributed by atoms with Crippen molar-refractivity contribution in [3.05, 3.63) is 47.5 Å². The van der Waals surface area contributed by atoms with E-state index >= 15 is 0 Å². The number of carbonyl (C=O) groups is 1. The van der Waals surface area contributed by atoms with Gasteiger partial charge in [0.1, 0.15) is 0 Å². The number of fused-ring (bicyclic) bond motifs is 3. The highest BCUT2D eigenvalue weighted by molar-refractivity contribution is 7.89. The summed E-state index contributed by atoms with van der Waals surface area (Å²) in [5.41, 5.74) is 1.79. The maximum absolute atomic E-state index is 13.3. The number of sulfonamides is 2. The van der Waals surface area contributed by atoms with E-state index in [4.69, 9.17) is 0 Å². The Morgan fingerprint density at radius 2 is 0.810 bits per heavy atom. The van der Waals surface area contributed by atoms with Gasteiger partial charge in [0.05, 0.1) is 9.79 Å². The summed E-state index contributed by atoms with van der Waals surface area (Å²) in [5.74, 6) is -0.361. The zero-order chi connectivity index (χ0) is 30.4. The first kappa shape index (κ1) is 34.4. The topological polar surface area (TPSA) is 109 Å². The molecule has 2 aromatic rings. The van der Waals surface area contributed by atoms with Crippen LogP contribution >= 0.6 is 0 Å². The van der Waals surface area contributed by atoms with Crippen molar-refractivity contribution in [3.8, 4) is 11.1 Å². The molecule has 7 nitrogen and oxygen atoms in total. The molecule has 2 N–H and O–H groups in total. The summed E-state index contributed by atoms with van der Waals surface area (Å²) in [6.45, 7) is 5.11. The minimum atomic E-state index is -3.76. The predicted octanol–water partition coefficient (Wildman–Crippen LogP) is 7.74. The van der Waals surface area contributed by atoms with E-state index in [0.717, 1.165) is 38.5 Å². The fourth-order valence-electron chi connectivity index (χ4n) is 5.47. The van der Waals surface area contributed by atoms with Gasteiger partial charge in [-0.1, -0.05) is 116 Å². The van der Waals surface area contributed by atoms with Crippen LogP contribution in [0.15, 0.2) is 46.2 Å². The van der Waals surface area contributed by atoms with Gasteiger partial charge in [-0.05, 0) is 48.2 Å².